The van der Waals surface area contributed by atoms with Crippen LogP contribution in [0.25, 0.3) is 89.7 Å². The van der Waals surface area contributed by atoms with Crippen molar-refractivity contribution in [1.82, 2.24) is 39.9 Å². The summed E-state index contributed by atoms with van der Waals surface area (Å²) in [4.78, 5) is 39.3. The third-order valence-corrected chi connectivity index (χ3v) is 15.0. The molecule has 0 saturated heterocycles. The van der Waals surface area contributed by atoms with Crippen molar-refractivity contribution in [3.8, 4) is 62.8 Å². The predicted octanol–water partition coefficient (Wildman–Crippen LogP) is 16.4. The second kappa shape index (κ2) is 20.6. The standard InChI is InChI=1S/C71H48N8O3/c1-7-21-44(22-8-1)61(45-23-9-2-10-24-45)80-50-35-38-55-58(41-50)70-75-66(55)73-64-53-33-19-20-34-54(53)65(72-64)74-69-59-42-51(81-62(46-25-11-3-12-26-46)47-27-13-4-14-28-47)36-39-56(59)67(76-69)78-71-60-43-52(37-40-57(60)68(77-70)79-71)82-63(48-29-15-5-16-30-48)49-31-17-6-18-32-49/h1-43,61-63H,(H2,72,73,74,75,76,77,78,79). The van der Waals surface area contributed by atoms with E-state index >= 15 is 0 Å². The van der Waals surface area contributed by atoms with Crippen molar-refractivity contribution in [2.24, 2.45) is 0 Å². The molecule has 0 atom stereocenters. The summed E-state index contributed by atoms with van der Waals surface area (Å²) in [7, 11) is 0. The molecule has 2 N–H and O–H groups in total. The number of nitrogens with one attached hydrogen (secondary N) is 2. The first-order valence-electron chi connectivity index (χ1n) is 27.2. The molecule has 0 spiro atoms. The molecule has 0 aliphatic carbocycles. The van der Waals surface area contributed by atoms with Crippen LogP contribution in [-0.4, -0.2) is 39.9 Å². The Morgan fingerprint density at radius 2 is 0.500 bits per heavy atom. The maximum atomic E-state index is 7.01. The molecule has 0 unspecified atom stereocenters. The van der Waals surface area contributed by atoms with Crippen LogP contribution in [0.2, 0.25) is 0 Å². The van der Waals surface area contributed by atoms with Gasteiger partial charge in [0.05, 0.1) is 0 Å². The van der Waals surface area contributed by atoms with Crippen LogP contribution in [0.5, 0.6) is 17.2 Å². The average Bonchev–Trinajstić information content (AvgIpc) is 4.41. The van der Waals surface area contributed by atoms with Gasteiger partial charge in [-0.25, -0.2) is 29.9 Å². The van der Waals surface area contributed by atoms with Gasteiger partial charge in [0.25, 0.3) is 0 Å². The Morgan fingerprint density at radius 3 is 0.841 bits per heavy atom. The van der Waals surface area contributed by atoms with E-state index < -0.39 is 6.10 Å². The number of fused-ring (bicyclic) bond motifs is 20. The molecular formula is C71H48N8O3. The van der Waals surface area contributed by atoms with E-state index in [1.54, 1.807) is 0 Å². The summed E-state index contributed by atoms with van der Waals surface area (Å²) < 4.78 is 20.9. The van der Waals surface area contributed by atoms with Gasteiger partial charge >= 0.3 is 0 Å². The highest BCUT2D eigenvalue weighted by molar-refractivity contribution is 6.06. The Labute approximate surface area is 471 Å². The Kier molecular flexibility index (Phi) is 12.1. The molecule has 390 valence electrons. The second-order valence-corrected chi connectivity index (χ2v) is 20.2. The Bertz CT molecular complexity index is 4470. The van der Waals surface area contributed by atoms with Crippen molar-refractivity contribution >= 4 is 44.1 Å². The fourth-order valence-corrected chi connectivity index (χ4v) is 11.1. The highest BCUT2D eigenvalue weighted by atomic mass is 16.5. The number of nitrogens with zero attached hydrogens (tertiary/aromatic N) is 6. The molecule has 15 rings (SSSR count). The molecule has 11 heteroatoms. The van der Waals surface area contributed by atoms with Gasteiger partial charge in [0.2, 0.25) is 0 Å². The van der Waals surface area contributed by atoms with Crippen molar-refractivity contribution in [3.05, 3.63) is 294 Å². The molecule has 0 saturated carbocycles. The van der Waals surface area contributed by atoms with E-state index in [0.717, 1.165) is 77.2 Å². The van der Waals surface area contributed by atoms with Gasteiger partial charge < -0.3 is 24.2 Å². The number of H-pyrrole nitrogens is 2. The van der Waals surface area contributed by atoms with E-state index in [1.165, 1.54) is 0 Å². The minimum absolute atomic E-state index is 0.383. The normalized spacial score (nSPS) is 11.7. The van der Waals surface area contributed by atoms with E-state index in [2.05, 4.69) is 82.8 Å². The molecule has 13 aromatic rings. The summed E-state index contributed by atoms with van der Waals surface area (Å²) in [6, 6.07) is 87.6. The van der Waals surface area contributed by atoms with Crippen molar-refractivity contribution in [2.45, 2.75) is 18.3 Å². The van der Waals surface area contributed by atoms with Crippen molar-refractivity contribution < 1.29 is 14.2 Å². The molecule has 5 heterocycles. The third-order valence-electron chi connectivity index (χ3n) is 15.0. The van der Waals surface area contributed by atoms with Crippen molar-refractivity contribution in [1.29, 1.82) is 0 Å². The average molecular weight is 1060 g/mol. The van der Waals surface area contributed by atoms with Crippen molar-refractivity contribution in [3.63, 3.8) is 0 Å². The van der Waals surface area contributed by atoms with Gasteiger partial charge in [-0.15, -0.1) is 0 Å². The minimum atomic E-state index is -0.395. The molecule has 11 nitrogen and oxygen atoms in total. The van der Waals surface area contributed by atoms with Crippen LogP contribution in [0.3, 0.4) is 0 Å². The van der Waals surface area contributed by atoms with Gasteiger partial charge in [0.15, 0.2) is 23.3 Å². The number of aromatic nitrogens is 8. The molecule has 82 heavy (non-hydrogen) atoms. The molecule has 2 aliphatic rings. The molecule has 3 aromatic heterocycles. The quantitative estimate of drug-likeness (QED) is 0.123. The number of ether oxygens (including phenoxy) is 3. The van der Waals surface area contributed by atoms with Gasteiger partial charge in [0.1, 0.15) is 58.1 Å². The van der Waals surface area contributed by atoms with E-state index in [0.29, 0.717) is 63.1 Å². The molecule has 10 aromatic carbocycles. The van der Waals surface area contributed by atoms with Crippen LogP contribution < -0.4 is 14.2 Å². The molecule has 0 radical (unpaired) electrons. The van der Waals surface area contributed by atoms with Gasteiger partial charge in [-0.05, 0) is 88.0 Å². The van der Waals surface area contributed by atoms with Gasteiger partial charge in [0, 0.05) is 43.8 Å². The molecule has 0 amide bonds. The van der Waals surface area contributed by atoms with Crippen LogP contribution in [0.15, 0.2) is 261 Å². The molecule has 0 fully saturated rings. The monoisotopic (exact) mass is 1060 g/mol. The third kappa shape index (κ3) is 9.11. The summed E-state index contributed by atoms with van der Waals surface area (Å²) in [6.45, 7) is 0. The molecule has 2 aliphatic heterocycles. The lowest BCUT2D eigenvalue weighted by Crippen LogP contribution is -2.09. The van der Waals surface area contributed by atoms with Crippen LogP contribution in [0.1, 0.15) is 51.7 Å². The number of hydrogen-bond acceptors (Lipinski definition) is 9. The number of hydrogen-bond donors (Lipinski definition) is 2. The Balaban J connectivity index is 0.945. The van der Waals surface area contributed by atoms with E-state index in [1.807, 2.05) is 188 Å². The molecule has 8 bridgehead atoms. The zero-order valence-corrected chi connectivity index (χ0v) is 44.0. The summed E-state index contributed by atoms with van der Waals surface area (Å²) >= 11 is 0. The lowest BCUT2D eigenvalue weighted by atomic mass is 10.0. The summed E-state index contributed by atoms with van der Waals surface area (Å²) in [6.07, 6.45) is -1.16. The van der Waals surface area contributed by atoms with Gasteiger partial charge in [-0.2, -0.15) is 0 Å². The zero-order chi connectivity index (χ0) is 54.3. The summed E-state index contributed by atoms with van der Waals surface area (Å²) in [5, 5.41) is 3.29. The van der Waals surface area contributed by atoms with E-state index in [-0.39, 0.29) is 12.2 Å². The lowest BCUT2D eigenvalue weighted by Gasteiger charge is -2.20. The predicted molar refractivity (Wildman–Crippen MR) is 322 cm³/mol. The maximum absolute atomic E-state index is 7.01. The zero-order valence-electron chi connectivity index (χ0n) is 44.0. The van der Waals surface area contributed by atoms with E-state index in [9.17, 15) is 0 Å². The van der Waals surface area contributed by atoms with Crippen LogP contribution >= 0.6 is 0 Å². The highest BCUT2D eigenvalue weighted by Gasteiger charge is 2.27. The first-order valence-corrected chi connectivity index (χ1v) is 27.2. The maximum Gasteiger partial charge on any atom is 0.164 e. The van der Waals surface area contributed by atoms with Crippen molar-refractivity contribution in [2.75, 3.05) is 0 Å². The fraction of sp³-hybridized carbons (Fsp3) is 0.0423. The van der Waals surface area contributed by atoms with Gasteiger partial charge in [-0.1, -0.05) is 206 Å². The Hall–Kier alpha value is -11.0. The summed E-state index contributed by atoms with van der Waals surface area (Å²) in [5.41, 5.74) is 11.4. The molecular weight excluding hydrogens is 1010 g/mol. The summed E-state index contributed by atoms with van der Waals surface area (Å²) in [5.74, 6) is 3.76. The number of aromatic amines is 2. The largest absolute Gasteiger partial charge is 0.481 e. The topological polar surface area (TPSA) is 137 Å². The second-order valence-electron chi connectivity index (χ2n) is 20.2. The van der Waals surface area contributed by atoms with E-state index in [4.69, 9.17) is 44.1 Å². The smallest absolute Gasteiger partial charge is 0.164 e. The number of rotatable bonds is 12. The fourth-order valence-electron chi connectivity index (χ4n) is 11.1. The Morgan fingerprint density at radius 1 is 0.232 bits per heavy atom. The SMILES string of the molecule is c1ccc(C(Oc2ccc3c(c2)-c2nc-3nc3[nH]c(nc4nc(nc5[nH]c(n2)c2ccccc52)-c2ccc(OC(c5ccccc5)c5ccccc5)cc2-4)c2ccc(OC(c4ccccc4)c4ccccc4)cc32)c2ccccc2)cc1. The van der Waals surface area contributed by atoms with Gasteiger partial charge in [-0.3, -0.25) is 0 Å². The van der Waals surface area contributed by atoms with Crippen LogP contribution in [0, 0.1) is 0 Å². The van der Waals surface area contributed by atoms with Crippen LogP contribution in [-0.2, 0) is 0 Å². The van der Waals surface area contributed by atoms with Crippen LogP contribution in [0.4, 0.5) is 0 Å². The number of benzene rings is 10. The minimum Gasteiger partial charge on any atom is -0.481 e. The first-order chi connectivity index (χ1) is 40.6. The highest BCUT2D eigenvalue weighted by Crippen LogP contribution is 2.42. The lowest BCUT2D eigenvalue weighted by molar-refractivity contribution is 0.247. The first kappa shape index (κ1) is 48.1.